The number of benzene rings is 1. The van der Waals surface area contributed by atoms with Gasteiger partial charge >= 0.3 is 5.97 Å². The van der Waals surface area contributed by atoms with Crippen molar-refractivity contribution >= 4 is 29.2 Å². The Morgan fingerprint density at radius 1 is 1.20 bits per heavy atom. The minimum absolute atomic E-state index is 0.0842. The molecule has 0 aliphatic rings. The summed E-state index contributed by atoms with van der Waals surface area (Å²) in [5, 5.41) is 0.709. The van der Waals surface area contributed by atoms with Gasteiger partial charge in [-0.05, 0) is 38.1 Å². The van der Waals surface area contributed by atoms with Crippen LogP contribution in [0.3, 0.4) is 0 Å². The van der Waals surface area contributed by atoms with E-state index in [1.165, 1.54) is 0 Å². The zero-order valence-electron chi connectivity index (χ0n) is 11.0. The van der Waals surface area contributed by atoms with Crippen molar-refractivity contribution < 1.29 is 9.53 Å². The number of carbonyl (C=O) groups is 1. The summed E-state index contributed by atoms with van der Waals surface area (Å²) in [4.78, 5) is 20.2. The van der Waals surface area contributed by atoms with Crippen LogP contribution in [0.4, 0.5) is 0 Å². The van der Waals surface area contributed by atoms with Gasteiger partial charge in [-0.2, -0.15) is 0 Å². The molecule has 2 rings (SSSR count). The van der Waals surface area contributed by atoms with E-state index in [2.05, 4.69) is 9.97 Å². The highest BCUT2D eigenvalue weighted by Crippen LogP contribution is 2.24. The lowest BCUT2D eigenvalue weighted by Crippen LogP contribution is -2.10. The van der Waals surface area contributed by atoms with E-state index in [0.29, 0.717) is 16.5 Å². The molecule has 0 aliphatic carbocycles. The second-order valence-electron chi connectivity index (χ2n) is 4.03. The van der Waals surface area contributed by atoms with Crippen LogP contribution in [0, 0.1) is 6.92 Å². The topological polar surface area (TPSA) is 52.1 Å². The van der Waals surface area contributed by atoms with Crippen molar-refractivity contribution in [2.75, 3.05) is 6.61 Å². The SMILES string of the molecule is CCOC(=O)c1c(C)nc(-c2ccc(Cl)cc2)nc1Cl. The maximum Gasteiger partial charge on any atom is 0.343 e. The standard InChI is InChI=1S/C14H12Cl2N2O2/c1-3-20-14(19)11-8(2)17-13(18-12(11)16)9-4-6-10(15)7-5-9/h4-7H,3H2,1-2H3. The number of esters is 1. The summed E-state index contributed by atoms with van der Waals surface area (Å²) in [7, 11) is 0. The molecule has 6 heteroatoms. The summed E-state index contributed by atoms with van der Waals surface area (Å²) in [6, 6.07) is 7.06. The molecule has 0 radical (unpaired) electrons. The van der Waals surface area contributed by atoms with Gasteiger partial charge in [0.05, 0.1) is 12.3 Å². The Balaban J connectivity index is 2.44. The molecule has 1 aromatic heterocycles. The maximum absolute atomic E-state index is 11.8. The molecule has 2 aromatic rings. The maximum atomic E-state index is 11.8. The number of hydrogen-bond donors (Lipinski definition) is 0. The van der Waals surface area contributed by atoms with Crippen LogP contribution in [0.15, 0.2) is 24.3 Å². The minimum Gasteiger partial charge on any atom is -0.462 e. The van der Waals surface area contributed by atoms with Crippen LogP contribution in [-0.4, -0.2) is 22.5 Å². The summed E-state index contributed by atoms with van der Waals surface area (Å²) in [5.41, 5.74) is 1.45. The number of aryl methyl sites for hydroxylation is 1. The first kappa shape index (κ1) is 14.8. The second-order valence-corrected chi connectivity index (χ2v) is 4.82. The number of nitrogens with zero attached hydrogens (tertiary/aromatic N) is 2. The summed E-state index contributed by atoms with van der Waals surface area (Å²) >= 11 is 11.9. The number of halogens is 2. The van der Waals surface area contributed by atoms with Gasteiger partial charge in [-0.3, -0.25) is 0 Å². The van der Waals surface area contributed by atoms with Crippen LogP contribution in [0.25, 0.3) is 11.4 Å². The lowest BCUT2D eigenvalue weighted by atomic mass is 10.2. The fraction of sp³-hybridized carbons (Fsp3) is 0.214. The van der Waals surface area contributed by atoms with Crippen molar-refractivity contribution in [1.82, 2.24) is 9.97 Å². The normalized spacial score (nSPS) is 10.4. The van der Waals surface area contributed by atoms with E-state index < -0.39 is 5.97 Å². The first-order valence-electron chi connectivity index (χ1n) is 6.00. The largest absolute Gasteiger partial charge is 0.462 e. The molecule has 0 N–H and O–H groups in total. The molecular formula is C14H12Cl2N2O2. The molecule has 0 aliphatic heterocycles. The van der Waals surface area contributed by atoms with Gasteiger partial charge in [0, 0.05) is 10.6 Å². The molecule has 0 amide bonds. The highest BCUT2D eigenvalue weighted by atomic mass is 35.5. The Kier molecular flexibility index (Phi) is 4.57. The number of hydrogen-bond acceptors (Lipinski definition) is 4. The first-order chi connectivity index (χ1) is 9.52. The molecule has 0 fully saturated rings. The monoisotopic (exact) mass is 310 g/mol. The van der Waals surface area contributed by atoms with E-state index in [-0.39, 0.29) is 17.3 Å². The molecule has 0 unspecified atom stereocenters. The van der Waals surface area contributed by atoms with Crippen LogP contribution in [0.2, 0.25) is 10.2 Å². The Morgan fingerprint density at radius 2 is 1.85 bits per heavy atom. The zero-order valence-corrected chi connectivity index (χ0v) is 12.5. The molecular weight excluding hydrogens is 299 g/mol. The van der Waals surface area contributed by atoms with Gasteiger partial charge in [-0.25, -0.2) is 14.8 Å². The van der Waals surface area contributed by atoms with E-state index in [4.69, 9.17) is 27.9 Å². The van der Waals surface area contributed by atoms with Crippen LogP contribution in [0.5, 0.6) is 0 Å². The predicted octanol–water partition coefficient (Wildman–Crippen LogP) is 3.94. The minimum atomic E-state index is -0.516. The van der Waals surface area contributed by atoms with Crippen LogP contribution < -0.4 is 0 Å². The van der Waals surface area contributed by atoms with E-state index in [0.717, 1.165) is 5.56 Å². The molecule has 4 nitrogen and oxygen atoms in total. The molecule has 104 valence electrons. The molecule has 1 aromatic carbocycles. The van der Waals surface area contributed by atoms with E-state index in [1.54, 1.807) is 38.1 Å². The van der Waals surface area contributed by atoms with Crippen molar-refractivity contribution in [1.29, 1.82) is 0 Å². The fourth-order valence-electron chi connectivity index (χ4n) is 1.70. The second kappa shape index (κ2) is 6.20. The van der Waals surface area contributed by atoms with Gasteiger partial charge < -0.3 is 4.74 Å². The fourth-order valence-corrected chi connectivity index (χ4v) is 2.12. The third-order valence-corrected chi connectivity index (χ3v) is 3.15. The van der Waals surface area contributed by atoms with Gasteiger partial charge in [0.2, 0.25) is 0 Å². The summed E-state index contributed by atoms with van der Waals surface area (Å²) in [5.74, 6) is -0.0742. The summed E-state index contributed by atoms with van der Waals surface area (Å²) in [6.07, 6.45) is 0. The van der Waals surface area contributed by atoms with Crippen LogP contribution >= 0.6 is 23.2 Å². The van der Waals surface area contributed by atoms with Gasteiger partial charge in [0.25, 0.3) is 0 Å². The van der Waals surface area contributed by atoms with Crippen molar-refractivity contribution in [3.05, 3.63) is 45.7 Å². The van der Waals surface area contributed by atoms with Crippen molar-refractivity contribution in [2.45, 2.75) is 13.8 Å². The first-order valence-corrected chi connectivity index (χ1v) is 6.75. The molecule has 0 spiro atoms. The van der Waals surface area contributed by atoms with Crippen molar-refractivity contribution in [3.8, 4) is 11.4 Å². The van der Waals surface area contributed by atoms with Gasteiger partial charge in [0.15, 0.2) is 5.82 Å². The van der Waals surface area contributed by atoms with Crippen molar-refractivity contribution in [3.63, 3.8) is 0 Å². The Hall–Kier alpha value is -1.65. The third-order valence-electron chi connectivity index (χ3n) is 2.63. The molecule has 1 heterocycles. The van der Waals surface area contributed by atoms with E-state index >= 15 is 0 Å². The molecule has 20 heavy (non-hydrogen) atoms. The van der Waals surface area contributed by atoms with Crippen LogP contribution in [-0.2, 0) is 4.74 Å². The number of ether oxygens (including phenoxy) is 1. The Bertz CT molecular complexity index is 619. The highest BCUT2D eigenvalue weighted by molar-refractivity contribution is 6.32. The quantitative estimate of drug-likeness (QED) is 0.636. The summed E-state index contributed by atoms with van der Waals surface area (Å²) in [6.45, 7) is 3.69. The van der Waals surface area contributed by atoms with Gasteiger partial charge in [-0.1, -0.05) is 23.2 Å². The Morgan fingerprint density at radius 3 is 2.40 bits per heavy atom. The van der Waals surface area contributed by atoms with Gasteiger partial charge in [-0.15, -0.1) is 0 Å². The average Bonchev–Trinajstić information content (AvgIpc) is 2.39. The zero-order chi connectivity index (χ0) is 14.7. The smallest absolute Gasteiger partial charge is 0.343 e. The molecule has 0 saturated heterocycles. The molecule has 0 saturated carbocycles. The lowest BCUT2D eigenvalue weighted by Gasteiger charge is -2.08. The molecule has 0 bridgehead atoms. The lowest BCUT2D eigenvalue weighted by molar-refractivity contribution is 0.0524. The van der Waals surface area contributed by atoms with E-state index in [9.17, 15) is 4.79 Å². The van der Waals surface area contributed by atoms with Crippen LogP contribution in [0.1, 0.15) is 23.0 Å². The van der Waals surface area contributed by atoms with Gasteiger partial charge in [0.1, 0.15) is 10.7 Å². The third kappa shape index (κ3) is 3.08. The number of rotatable bonds is 3. The summed E-state index contributed by atoms with van der Waals surface area (Å²) < 4.78 is 4.93. The predicted molar refractivity (Wildman–Crippen MR) is 78.2 cm³/mol. The molecule has 0 atom stereocenters. The average molecular weight is 311 g/mol. The van der Waals surface area contributed by atoms with E-state index in [1.807, 2.05) is 0 Å². The number of carbonyl (C=O) groups excluding carboxylic acids is 1. The highest BCUT2D eigenvalue weighted by Gasteiger charge is 2.19. The Labute approximate surface area is 126 Å². The van der Waals surface area contributed by atoms with Crippen molar-refractivity contribution in [2.24, 2.45) is 0 Å². The number of aromatic nitrogens is 2.